The number of hydrogen-bond acceptors (Lipinski definition) is 5. The van der Waals surface area contributed by atoms with Crippen LogP contribution in [0.4, 0.5) is 11.6 Å². The van der Waals surface area contributed by atoms with Crippen molar-refractivity contribution < 1.29 is 5.11 Å². The number of nitrogen functional groups attached to an aromatic ring is 1. The highest BCUT2D eigenvalue weighted by atomic mass is 16.3. The molecular weight excluding hydrogens is 216 g/mol. The molecule has 1 saturated heterocycles. The van der Waals surface area contributed by atoms with Gasteiger partial charge in [-0.1, -0.05) is 6.92 Å². The molecule has 1 aliphatic rings. The van der Waals surface area contributed by atoms with Gasteiger partial charge in [-0.25, -0.2) is 9.97 Å². The number of aryl methyl sites for hydroxylation is 1. The molecule has 1 unspecified atom stereocenters. The van der Waals surface area contributed by atoms with Gasteiger partial charge in [-0.15, -0.1) is 0 Å². The molecule has 1 aliphatic heterocycles. The first-order valence-corrected chi connectivity index (χ1v) is 6.11. The lowest BCUT2D eigenvalue weighted by atomic mass is 9.95. The molecule has 0 aromatic carbocycles. The second kappa shape index (κ2) is 4.49. The largest absolute Gasteiger partial charge is 0.388 e. The molecule has 0 saturated carbocycles. The minimum Gasteiger partial charge on any atom is -0.388 e. The molecule has 0 spiro atoms. The number of nitrogens with two attached hydrogens (primary N) is 1. The quantitative estimate of drug-likeness (QED) is 0.800. The van der Waals surface area contributed by atoms with Crippen molar-refractivity contribution in [2.75, 3.05) is 23.7 Å². The van der Waals surface area contributed by atoms with Gasteiger partial charge in [0.2, 0.25) is 0 Å². The molecule has 0 aliphatic carbocycles. The minimum atomic E-state index is -0.635. The topological polar surface area (TPSA) is 75.3 Å². The van der Waals surface area contributed by atoms with E-state index in [0.717, 1.165) is 37.4 Å². The molecule has 17 heavy (non-hydrogen) atoms. The Hall–Kier alpha value is -1.36. The molecule has 1 aromatic heterocycles. The van der Waals surface area contributed by atoms with Crippen LogP contribution in [0.5, 0.6) is 0 Å². The Morgan fingerprint density at radius 3 is 2.94 bits per heavy atom. The maximum atomic E-state index is 10.1. The molecule has 0 amide bonds. The lowest BCUT2D eigenvalue weighted by molar-refractivity contribution is 0.0447. The van der Waals surface area contributed by atoms with Crippen LogP contribution in [0, 0.1) is 0 Å². The molecule has 94 valence electrons. The average Bonchev–Trinajstić information content (AvgIpc) is 2.27. The lowest BCUT2D eigenvalue weighted by Crippen LogP contribution is -2.46. The molecule has 5 heteroatoms. The maximum Gasteiger partial charge on any atom is 0.134 e. The number of β-amino-alcohol motifs (C(OH)–C–C–N with tert-alkyl or cyclic N) is 1. The van der Waals surface area contributed by atoms with E-state index >= 15 is 0 Å². The van der Waals surface area contributed by atoms with Crippen LogP contribution in [0.15, 0.2) is 6.07 Å². The number of aromatic nitrogens is 2. The standard InChI is InChI=1S/C12H20N4O/c1-3-10-14-9(13)7-11(15-10)16-6-4-5-12(2,17)8-16/h7,17H,3-6,8H2,1-2H3,(H2,13,14,15). The third-order valence-corrected chi connectivity index (χ3v) is 3.09. The van der Waals surface area contributed by atoms with Crippen molar-refractivity contribution in [1.82, 2.24) is 9.97 Å². The zero-order valence-corrected chi connectivity index (χ0v) is 10.5. The Morgan fingerprint density at radius 1 is 1.53 bits per heavy atom. The third kappa shape index (κ3) is 2.85. The van der Waals surface area contributed by atoms with Gasteiger partial charge in [0.25, 0.3) is 0 Å². The molecule has 5 nitrogen and oxygen atoms in total. The molecule has 1 fully saturated rings. The zero-order chi connectivity index (χ0) is 12.5. The van der Waals surface area contributed by atoms with Crippen molar-refractivity contribution in [1.29, 1.82) is 0 Å². The fourth-order valence-corrected chi connectivity index (χ4v) is 2.24. The molecule has 1 aromatic rings. The van der Waals surface area contributed by atoms with Crippen molar-refractivity contribution in [2.24, 2.45) is 0 Å². The van der Waals surface area contributed by atoms with E-state index < -0.39 is 5.60 Å². The Bertz CT molecular complexity index is 405. The van der Waals surface area contributed by atoms with Gasteiger partial charge in [-0.3, -0.25) is 0 Å². The predicted octanol–water partition coefficient (Wildman–Crippen LogP) is 0.972. The zero-order valence-electron chi connectivity index (χ0n) is 10.5. The van der Waals surface area contributed by atoms with E-state index in [1.54, 1.807) is 6.07 Å². The van der Waals surface area contributed by atoms with Gasteiger partial charge in [-0.2, -0.15) is 0 Å². The Balaban J connectivity index is 2.24. The second-order valence-corrected chi connectivity index (χ2v) is 4.94. The number of hydrogen-bond donors (Lipinski definition) is 2. The van der Waals surface area contributed by atoms with Gasteiger partial charge < -0.3 is 15.7 Å². The van der Waals surface area contributed by atoms with Crippen LogP contribution >= 0.6 is 0 Å². The van der Waals surface area contributed by atoms with E-state index in [-0.39, 0.29) is 0 Å². The van der Waals surface area contributed by atoms with E-state index in [9.17, 15) is 5.11 Å². The number of nitrogens with zero attached hydrogens (tertiary/aromatic N) is 3. The highest BCUT2D eigenvalue weighted by molar-refractivity contribution is 5.47. The first-order chi connectivity index (χ1) is 8.00. The van der Waals surface area contributed by atoms with Gasteiger partial charge >= 0.3 is 0 Å². The summed E-state index contributed by atoms with van der Waals surface area (Å²) in [5.41, 5.74) is 5.13. The number of aliphatic hydroxyl groups is 1. The fourth-order valence-electron chi connectivity index (χ4n) is 2.24. The molecule has 0 radical (unpaired) electrons. The van der Waals surface area contributed by atoms with Gasteiger partial charge in [0.05, 0.1) is 5.60 Å². The monoisotopic (exact) mass is 236 g/mol. The maximum absolute atomic E-state index is 10.1. The van der Waals surface area contributed by atoms with Gasteiger partial charge in [0.1, 0.15) is 17.5 Å². The van der Waals surface area contributed by atoms with Crippen LogP contribution in [0.3, 0.4) is 0 Å². The van der Waals surface area contributed by atoms with Crippen LogP contribution in [-0.4, -0.2) is 33.8 Å². The van der Waals surface area contributed by atoms with Crippen molar-refractivity contribution >= 4 is 11.6 Å². The van der Waals surface area contributed by atoms with E-state index in [1.807, 2.05) is 13.8 Å². The summed E-state index contributed by atoms with van der Waals surface area (Å²) >= 11 is 0. The highest BCUT2D eigenvalue weighted by Gasteiger charge is 2.29. The number of rotatable bonds is 2. The first-order valence-electron chi connectivity index (χ1n) is 6.11. The highest BCUT2D eigenvalue weighted by Crippen LogP contribution is 2.25. The van der Waals surface area contributed by atoms with Crippen molar-refractivity contribution in [2.45, 2.75) is 38.7 Å². The Kier molecular flexibility index (Phi) is 3.19. The van der Waals surface area contributed by atoms with Crippen LogP contribution < -0.4 is 10.6 Å². The van der Waals surface area contributed by atoms with Crippen LogP contribution in [0.25, 0.3) is 0 Å². The van der Waals surface area contributed by atoms with Crippen molar-refractivity contribution in [3.05, 3.63) is 11.9 Å². The normalized spacial score (nSPS) is 25.0. The molecule has 3 N–H and O–H groups in total. The van der Waals surface area contributed by atoms with E-state index in [4.69, 9.17) is 5.73 Å². The molecule has 1 atom stereocenters. The Labute approximate surface area is 102 Å². The van der Waals surface area contributed by atoms with E-state index in [2.05, 4.69) is 14.9 Å². The molecule has 2 heterocycles. The van der Waals surface area contributed by atoms with Crippen LogP contribution in [-0.2, 0) is 6.42 Å². The van der Waals surface area contributed by atoms with Gasteiger partial charge in [0.15, 0.2) is 0 Å². The molecule has 0 bridgehead atoms. The number of piperidine rings is 1. The fraction of sp³-hybridized carbons (Fsp3) is 0.667. The summed E-state index contributed by atoms with van der Waals surface area (Å²) in [6, 6.07) is 1.78. The van der Waals surface area contributed by atoms with Crippen LogP contribution in [0.2, 0.25) is 0 Å². The van der Waals surface area contributed by atoms with Gasteiger partial charge in [0, 0.05) is 25.6 Å². The number of anilines is 2. The molecular formula is C12H20N4O. The summed E-state index contributed by atoms with van der Waals surface area (Å²) in [5.74, 6) is 2.08. The summed E-state index contributed by atoms with van der Waals surface area (Å²) < 4.78 is 0. The van der Waals surface area contributed by atoms with E-state index in [1.165, 1.54) is 0 Å². The van der Waals surface area contributed by atoms with E-state index in [0.29, 0.717) is 12.4 Å². The van der Waals surface area contributed by atoms with Crippen molar-refractivity contribution in [3.8, 4) is 0 Å². The predicted molar refractivity (Wildman–Crippen MR) is 67.9 cm³/mol. The lowest BCUT2D eigenvalue weighted by Gasteiger charge is -2.37. The SMILES string of the molecule is CCc1nc(N)cc(N2CCCC(C)(O)C2)n1. The summed E-state index contributed by atoms with van der Waals surface area (Å²) in [7, 11) is 0. The summed E-state index contributed by atoms with van der Waals surface area (Å²) in [6.45, 7) is 5.39. The summed E-state index contributed by atoms with van der Waals surface area (Å²) in [6.07, 6.45) is 2.57. The summed E-state index contributed by atoms with van der Waals surface area (Å²) in [4.78, 5) is 10.7. The second-order valence-electron chi connectivity index (χ2n) is 4.94. The first kappa shape index (κ1) is 12.1. The third-order valence-electron chi connectivity index (χ3n) is 3.09. The molecule has 2 rings (SSSR count). The summed E-state index contributed by atoms with van der Waals surface area (Å²) in [5, 5.41) is 10.1. The van der Waals surface area contributed by atoms with Crippen molar-refractivity contribution in [3.63, 3.8) is 0 Å². The average molecular weight is 236 g/mol. The minimum absolute atomic E-state index is 0.497. The van der Waals surface area contributed by atoms with Crippen LogP contribution in [0.1, 0.15) is 32.5 Å². The smallest absolute Gasteiger partial charge is 0.134 e. The van der Waals surface area contributed by atoms with Gasteiger partial charge in [-0.05, 0) is 19.8 Å². The Morgan fingerprint density at radius 2 is 2.29 bits per heavy atom.